The molecule has 1 aromatic rings. The average Bonchev–Trinajstić information content (AvgIpc) is 2.43. The molecule has 23 heavy (non-hydrogen) atoms. The second-order valence-electron chi connectivity index (χ2n) is 5.88. The summed E-state index contributed by atoms with van der Waals surface area (Å²) >= 11 is 0. The molecular weight excluding hydrogens is 309 g/mol. The molecule has 3 N–H and O–H groups in total. The Bertz CT molecular complexity index is 571. The van der Waals surface area contributed by atoms with Gasteiger partial charge in [0.05, 0.1) is 5.56 Å². The van der Waals surface area contributed by atoms with Crippen LogP contribution in [-0.4, -0.2) is 17.9 Å². The number of hydrogen-bond donors (Lipinski definition) is 2. The zero-order valence-electron chi connectivity index (χ0n) is 13.3. The third-order valence-corrected chi connectivity index (χ3v) is 3.58. The van der Waals surface area contributed by atoms with Crippen molar-refractivity contribution in [1.29, 1.82) is 0 Å². The van der Waals surface area contributed by atoms with Gasteiger partial charge in [0.2, 0.25) is 11.8 Å². The van der Waals surface area contributed by atoms with Gasteiger partial charge in [-0.25, -0.2) is 0 Å². The number of alkyl halides is 3. The van der Waals surface area contributed by atoms with Gasteiger partial charge in [-0.3, -0.25) is 9.59 Å². The van der Waals surface area contributed by atoms with Crippen molar-refractivity contribution in [2.75, 3.05) is 0 Å². The molecule has 0 saturated carbocycles. The van der Waals surface area contributed by atoms with Gasteiger partial charge in [-0.2, -0.15) is 13.2 Å². The van der Waals surface area contributed by atoms with E-state index in [-0.39, 0.29) is 17.9 Å². The summed E-state index contributed by atoms with van der Waals surface area (Å²) in [6.07, 6.45) is -4.64. The van der Waals surface area contributed by atoms with Crippen LogP contribution in [0.2, 0.25) is 0 Å². The lowest BCUT2D eigenvalue weighted by Gasteiger charge is -2.21. The molecule has 0 aliphatic rings. The molecule has 0 heterocycles. The average molecular weight is 330 g/mol. The third kappa shape index (κ3) is 5.26. The molecule has 2 atom stereocenters. The monoisotopic (exact) mass is 330 g/mol. The van der Waals surface area contributed by atoms with Crippen LogP contribution in [0.5, 0.6) is 0 Å². The summed E-state index contributed by atoms with van der Waals surface area (Å²) < 4.78 is 39.0. The number of carbonyl (C=O) groups is 2. The highest BCUT2D eigenvalue weighted by Crippen LogP contribution is 2.35. The van der Waals surface area contributed by atoms with E-state index in [1.165, 1.54) is 18.2 Å². The summed E-state index contributed by atoms with van der Waals surface area (Å²) in [7, 11) is 0. The van der Waals surface area contributed by atoms with Crippen molar-refractivity contribution in [3.8, 4) is 0 Å². The predicted molar refractivity (Wildman–Crippen MR) is 80.4 cm³/mol. The lowest BCUT2D eigenvalue weighted by Crippen LogP contribution is -2.47. The molecule has 0 aliphatic carbocycles. The van der Waals surface area contributed by atoms with Crippen LogP contribution in [0.1, 0.15) is 44.2 Å². The van der Waals surface area contributed by atoms with Crippen LogP contribution in [0.3, 0.4) is 0 Å². The van der Waals surface area contributed by atoms with Gasteiger partial charge in [-0.05, 0) is 23.5 Å². The van der Waals surface area contributed by atoms with Crippen molar-refractivity contribution in [3.63, 3.8) is 0 Å². The van der Waals surface area contributed by atoms with E-state index in [1.54, 1.807) is 20.8 Å². The molecule has 1 rings (SSSR count). The van der Waals surface area contributed by atoms with Crippen LogP contribution in [0, 0.1) is 5.92 Å². The number of halogens is 3. The molecule has 0 saturated heterocycles. The zero-order valence-corrected chi connectivity index (χ0v) is 13.3. The maximum absolute atomic E-state index is 13.0. The van der Waals surface area contributed by atoms with Gasteiger partial charge in [0.1, 0.15) is 6.04 Å². The highest BCUT2D eigenvalue weighted by molar-refractivity contribution is 5.87. The van der Waals surface area contributed by atoms with Crippen molar-refractivity contribution >= 4 is 11.8 Å². The summed E-state index contributed by atoms with van der Waals surface area (Å²) in [6, 6.07) is 4.31. The maximum Gasteiger partial charge on any atom is 0.416 e. The highest BCUT2D eigenvalue weighted by Gasteiger charge is 2.34. The number of primary amides is 1. The standard InChI is InChI=1S/C16H21F3N2O2/c1-9(2)14(15(20)23)21-13(22)8-10(3)11-6-4-5-7-12(11)16(17,18)19/h4-7,9-10,14H,8H2,1-3H3,(H2,20,23)(H,21,22)/t10-,14-/m1/s1. The number of rotatable bonds is 6. The first-order valence-electron chi connectivity index (χ1n) is 7.28. The van der Waals surface area contributed by atoms with Crippen LogP contribution in [0.25, 0.3) is 0 Å². The van der Waals surface area contributed by atoms with E-state index in [2.05, 4.69) is 5.32 Å². The molecule has 1 aromatic carbocycles. The van der Waals surface area contributed by atoms with Crippen molar-refractivity contribution in [3.05, 3.63) is 35.4 Å². The number of benzene rings is 1. The molecule has 0 unspecified atom stereocenters. The first-order chi connectivity index (χ1) is 10.5. The summed E-state index contributed by atoms with van der Waals surface area (Å²) in [5.41, 5.74) is 4.50. The number of nitrogens with one attached hydrogen (secondary N) is 1. The van der Waals surface area contributed by atoms with Gasteiger partial charge < -0.3 is 11.1 Å². The highest BCUT2D eigenvalue weighted by atomic mass is 19.4. The van der Waals surface area contributed by atoms with E-state index in [0.717, 1.165) is 6.07 Å². The summed E-state index contributed by atoms with van der Waals surface area (Å²) in [5.74, 6) is -2.02. The smallest absolute Gasteiger partial charge is 0.368 e. The van der Waals surface area contributed by atoms with Gasteiger partial charge in [-0.1, -0.05) is 39.0 Å². The first kappa shape index (κ1) is 19.0. The SMILES string of the molecule is CC(C)[C@@H](NC(=O)C[C@@H](C)c1ccccc1C(F)(F)F)C(N)=O. The fourth-order valence-electron chi connectivity index (χ4n) is 2.37. The number of carbonyl (C=O) groups excluding carboxylic acids is 2. The summed E-state index contributed by atoms with van der Waals surface area (Å²) in [4.78, 5) is 23.3. The van der Waals surface area contributed by atoms with Crippen molar-refractivity contribution in [2.45, 2.75) is 45.3 Å². The third-order valence-electron chi connectivity index (χ3n) is 3.58. The molecule has 0 radical (unpaired) electrons. The lowest BCUT2D eigenvalue weighted by molar-refractivity contribution is -0.138. The molecule has 0 aliphatic heterocycles. The second-order valence-corrected chi connectivity index (χ2v) is 5.88. The Hall–Kier alpha value is -2.05. The molecule has 4 nitrogen and oxygen atoms in total. The Balaban J connectivity index is 2.86. The van der Waals surface area contributed by atoms with Crippen molar-refractivity contribution in [1.82, 2.24) is 5.32 Å². The first-order valence-corrected chi connectivity index (χ1v) is 7.28. The molecule has 0 aromatic heterocycles. The largest absolute Gasteiger partial charge is 0.416 e. The normalized spacial score (nSPS) is 14.4. The minimum atomic E-state index is -4.48. The van der Waals surface area contributed by atoms with E-state index < -0.39 is 35.5 Å². The summed E-state index contributed by atoms with van der Waals surface area (Å²) in [5, 5.41) is 2.48. The van der Waals surface area contributed by atoms with Gasteiger partial charge >= 0.3 is 6.18 Å². The van der Waals surface area contributed by atoms with E-state index in [9.17, 15) is 22.8 Å². The number of amides is 2. The van der Waals surface area contributed by atoms with E-state index in [4.69, 9.17) is 5.73 Å². The van der Waals surface area contributed by atoms with Crippen molar-refractivity contribution < 1.29 is 22.8 Å². The topological polar surface area (TPSA) is 72.2 Å². The number of hydrogen-bond acceptors (Lipinski definition) is 2. The number of nitrogens with two attached hydrogens (primary N) is 1. The predicted octanol–water partition coefficient (Wildman–Crippen LogP) is 2.83. The fourth-order valence-corrected chi connectivity index (χ4v) is 2.37. The van der Waals surface area contributed by atoms with E-state index >= 15 is 0 Å². The lowest BCUT2D eigenvalue weighted by atomic mass is 9.92. The molecule has 0 fully saturated rings. The van der Waals surface area contributed by atoms with E-state index in [1.807, 2.05) is 0 Å². The van der Waals surface area contributed by atoms with Gasteiger partial charge in [0.25, 0.3) is 0 Å². The Morgan fingerprint density at radius 2 is 1.74 bits per heavy atom. The minimum Gasteiger partial charge on any atom is -0.368 e. The van der Waals surface area contributed by atoms with Gasteiger partial charge in [0.15, 0.2) is 0 Å². The molecule has 128 valence electrons. The maximum atomic E-state index is 13.0. The van der Waals surface area contributed by atoms with Crippen LogP contribution in [0.4, 0.5) is 13.2 Å². The molecule has 7 heteroatoms. The van der Waals surface area contributed by atoms with Crippen LogP contribution in [-0.2, 0) is 15.8 Å². The summed E-state index contributed by atoms with van der Waals surface area (Å²) in [6.45, 7) is 4.98. The van der Waals surface area contributed by atoms with Crippen LogP contribution in [0.15, 0.2) is 24.3 Å². The van der Waals surface area contributed by atoms with Crippen LogP contribution >= 0.6 is 0 Å². The molecule has 0 bridgehead atoms. The Labute approximate surface area is 133 Å². The molecule has 2 amide bonds. The second kappa shape index (κ2) is 7.48. The van der Waals surface area contributed by atoms with E-state index in [0.29, 0.717) is 0 Å². The fraction of sp³-hybridized carbons (Fsp3) is 0.500. The van der Waals surface area contributed by atoms with Gasteiger partial charge in [0, 0.05) is 6.42 Å². The Morgan fingerprint density at radius 3 is 2.22 bits per heavy atom. The Morgan fingerprint density at radius 1 is 1.17 bits per heavy atom. The van der Waals surface area contributed by atoms with Crippen LogP contribution < -0.4 is 11.1 Å². The quantitative estimate of drug-likeness (QED) is 0.842. The van der Waals surface area contributed by atoms with Crippen molar-refractivity contribution in [2.24, 2.45) is 11.7 Å². The van der Waals surface area contributed by atoms with Gasteiger partial charge in [-0.15, -0.1) is 0 Å². The zero-order chi connectivity index (χ0) is 17.8. The minimum absolute atomic E-state index is 0.0512. The Kier molecular flexibility index (Phi) is 6.18. The molecular formula is C16H21F3N2O2. The molecule has 0 spiro atoms.